The molecule has 1 aliphatic carbocycles. The van der Waals surface area contributed by atoms with Gasteiger partial charge in [0.1, 0.15) is 11.9 Å². The lowest BCUT2D eigenvalue weighted by molar-refractivity contribution is 0.145. The first-order valence-corrected chi connectivity index (χ1v) is 5.76. The smallest absolute Gasteiger partial charge is 0.163 e. The average molecular weight is 216 g/mol. The minimum Gasteiger partial charge on any atom is -0.368 e. The van der Waals surface area contributed by atoms with E-state index in [1.165, 1.54) is 25.7 Å². The Morgan fingerprint density at radius 2 is 2.25 bits per heavy atom. The summed E-state index contributed by atoms with van der Waals surface area (Å²) >= 11 is 0. The van der Waals surface area contributed by atoms with Crippen LogP contribution in [0.25, 0.3) is 0 Å². The molecule has 0 spiro atoms. The van der Waals surface area contributed by atoms with Gasteiger partial charge >= 0.3 is 0 Å². The summed E-state index contributed by atoms with van der Waals surface area (Å²) in [6.45, 7) is 3.20. The molecule has 1 heterocycles. The zero-order valence-corrected chi connectivity index (χ0v) is 9.53. The van der Waals surface area contributed by atoms with Gasteiger partial charge in [0.25, 0.3) is 0 Å². The van der Waals surface area contributed by atoms with Crippen molar-refractivity contribution in [3.05, 3.63) is 17.8 Å². The summed E-state index contributed by atoms with van der Waals surface area (Å²) < 4.78 is 0. The van der Waals surface area contributed by atoms with Crippen LogP contribution in [0.5, 0.6) is 0 Å². The van der Waals surface area contributed by atoms with E-state index in [0.717, 1.165) is 12.4 Å². The lowest BCUT2D eigenvalue weighted by atomic mass is 9.67. The topological polar surface area (TPSA) is 61.6 Å². The molecule has 16 heavy (non-hydrogen) atoms. The molecule has 0 atom stereocenters. The van der Waals surface area contributed by atoms with E-state index in [-0.39, 0.29) is 0 Å². The van der Waals surface area contributed by atoms with Crippen molar-refractivity contribution in [2.45, 2.75) is 32.6 Å². The van der Waals surface area contributed by atoms with E-state index in [9.17, 15) is 0 Å². The first-order chi connectivity index (χ1) is 7.78. The van der Waals surface area contributed by atoms with Crippen molar-refractivity contribution in [1.82, 2.24) is 10.2 Å². The van der Waals surface area contributed by atoms with Crippen LogP contribution in [0.15, 0.2) is 12.1 Å². The van der Waals surface area contributed by atoms with Crippen molar-refractivity contribution in [3.63, 3.8) is 0 Å². The quantitative estimate of drug-likeness (QED) is 0.839. The zero-order chi connectivity index (χ0) is 11.4. The maximum Gasteiger partial charge on any atom is 0.163 e. The Labute approximate surface area is 95.7 Å². The third-order valence-electron chi connectivity index (χ3n) is 3.59. The molecule has 2 rings (SSSR count). The first kappa shape index (κ1) is 10.9. The van der Waals surface area contributed by atoms with Crippen molar-refractivity contribution in [1.29, 1.82) is 5.26 Å². The maximum absolute atomic E-state index is 8.60. The predicted octanol–water partition coefficient (Wildman–Crippen LogP) is 2.34. The van der Waals surface area contributed by atoms with E-state index in [1.807, 2.05) is 12.1 Å². The molecule has 1 aromatic rings. The van der Waals surface area contributed by atoms with Crippen LogP contribution in [0.4, 0.5) is 5.82 Å². The highest BCUT2D eigenvalue weighted by Gasteiger charge is 2.34. The normalized spacial score (nSPS) is 17.2. The standard InChI is InChI=1S/C12H16N4/c1-2-12(6-3-7-12)9-14-11-5-4-10(8-13)15-16-11/h4-5H,2-3,6-7,9H2,1H3,(H,14,16). The maximum atomic E-state index is 8.60. The Morgan fingerprint density at radius 3 is 2.69 bits per heavy atom. The highest BCUT2D eigenvalue weighted by atomic mass is 15.2. The zero-order valence-electron chi connectivity index (χ0n) is 9.53. The minimum atomic E-state index is 0.361. The number of rotatable bonds is 4. The highest BCUT2D eigenvalue weighted by molar-refractivity contribution is 5.35. The summed E-state index contributed by atoms with van der Waals surface area (Å²) in [5, 5.41) is 19.7. The second-order valence-corrected chi connectivity index (χ2v) is 4.48. The summed E-state index contributed by atoms with van der Waals surface area (Å²) in [6, 6.07) is 5.46. The van der Waals surface area contributed by atoms with Crippen LogP contribution in [0.3, 0.4) is 0 Å². The fourth-order valence-corrected chi connectivity index (χ4v) is 2.10. The molecule has 0 saturated heterocycles. The largest absolute Gasteiger partial charge is 0.368 e. The average Bonchev–Trinajstić information content (AvgIpc) is 2.29. The van der Waals surface area contributed by atoms with E-state index in [1.54, 1.807) is 6.07 Å². The number of nitriles is 1. The number of nitrogens with one attached hydrogen (secondary N) is 1. The molecule has 1 saturated carbocycles. The van der Waals surface area contributed by atoms with E-state index in [2.05, 4.69) is 22.4 Å². The molecule has 1 aromatic heterocycles. The van der Waals surface area contributed by atoms with Gasteiger partial charge < -0.3 is 5.32 Å². The first-order valence-electron chi connectivity index (χ1n) is 5.76. The van der Waals surface area contributed by atoms with E-state index in [4.69, 9.17) is 5.26 Å². The Hall–Kier alpha value is -1.63. The van der Waals surface area contributed by atoms with Gasteiger partial charge in [0, 0.05) is 6.54 Å². The Balaban J connectivity index is 1.92. The lowest BCUT2D eigenvalue weighted by Crippen LogP contribution is -2.36. The summed E-state index contributed by atoms with van der Waals surface area (Å²) in [5.74, 6) is 0.763. The fourth-order valence-electron chi connectivity index (χ4n) is 2.10. The lowest BCUT2D eigenvalue weighted by Gasteiger charge is -2.41. The van der Waals surface area contributed by atoms with Gasteiger partial charge in [-0.3, -0.25) is 0 Å². The van der Waals surface area contributed by atoms with Crippen molar-refractivity contribution in [3.8, 4) is 6.07 Å². The third-order valence-corrected chi connectivity index (χ3v) is 3.59. The van der Waals surface area contributed by atoms with Crippen LogP contribution >= 0.6 is 0 Å². The molecule has 1 fully saturated rings. The fraction of sp³-hybridized carbons (Fsp3) is 0.583. The molecule has 4 nitrogen and oxygen atoms in total. The number of nitrogens with zero attached hydrogens (tertiary/aromatic N) is 3. The second kappa shape index (κ2) is 4.48. The van der Waals surface area contributed by atoms with Crippen LogP contribution in [-0.4, -0.2) is 16.7 Å². The van der Waals surface area contributed by atoms with Gasteiger partial charge in [0.15, 0.2) is 5.69 Å². The van der Waals surface area contributed by atoms with E-state index >= 15 is 0 Å². The molecular formula is C12H16N4. The molecule has 4 heteroatoms. The summed E-state index contributed by atoms with van der Waals surface area (Å²) in [7, 11) is 0. The molecule has 0 aromatic carbocycles. The Bertz CT molecular complexity index is 381. The monoisotopic (exact) mass is 216 g/mol. The molecule has 0 aliphatic heterocycles. The SMILES string of the molecule is CCC1(CNc2ccc(C#N)nn2)CCC1. The molecule has 0 radical (unpaired) electrons. The number of hydrogen-bond acceptors (Lipinski definition) is 4. The number of aromatic nitrogens is 2. The van der Waals surface area contributed by atoms with Crippen LogP contribution < -0.4 is 5.32 Å². The summed E-state index contributed by atoms with van der Waals surface area (Å²) in [6.07, 6.45) is 5.17. The molecule has 0 amide bonds. The van der Waals surface area contributed by atoms with Gasteiger partial charge in [0.2, 0.25) is 0 Å². The number of hydrogen-bond donors (Lipinski definition) is 1. The summed E-state index contributed by atoms with van der Waals surface area (Å²) in [5.41, 5.74) is 0.828. The number of anilines is 1. The van der Waals surface area contributed by atoms with Gasteiger partial charge in [-0.25, -0.2) is 0 Å². The molecule has 1 N–H and O–H groups in total. The van der Waals surface area contributed by atoms with Crippen LogP contribution in [-0.2, 0) is 0 Å². The van der Waals surface area contributed by atoms with Gasteiger partial charge in [-0.2, -0.15) is 5.26 Å². The van der Waals surface area contributed by atoms with Crippen molar-refractivity contribution in [2.24, 2.45) is 5.41 Å². The third kappa shape index (κ3) is 2.13. The van der Waals surface area contributed by atoms with Gasteiger partial charge in [-0.1, -0.05) is 13.3 Å². The molecular weight excluding hydrogens is 200 g/mol. The highest BCUT2D eigenvalue weighted by Crippen LogP contribution is 2.43. The van der Waals surface area contributed by atoms with Gasteiger partial charge in [-0.15, -0.1) is 10.2 Å². The molecule has 84 valence electrons. The van der Waals surface area contributed by atoms with Crippen molar-refractivity contribution in [2.75, 3.05) is 11.9 Å². The van der Waals surface area contributed by atoms with Gasteiger partial charge in [-0.05, 0) is 36.8 Å². The Kier molecular flexibility index (Phi) is 3.04. The van der Waals surface area contributed by atoms with Crippen LogP contribution in [0, 0.1) is 16.7 Å². The van der Waals surface area contributed by atoms with Crippen molar-refractivity contribution < 1.29 is 0 Å². The van der Waals surface area contributed by atoms with Gasteiger partial charge in [0.05, 0.1) is 0 Å². The van der Waals surface area contributed by atoms with Crippen molar-refractivity contribution >= 4 is 5.82 Å². The van der Waals surface area contributed by atoms with E-state index < -0.39 is 0 Å². The predicted molar refractivity (Wildman–Crippen MR) is 61.8 cm³/mol. The van der Waals surface area contributed by atoms with E-state index in [0.29, 0.717) is 11.1 Å². The Morgan fingerprint density at radius 1 is 1.44 bits per heavy atom. The molecule has 0 bridgehead atoms. The second-order valence-electron chi connectivity index (χ2n) is 4.48. The summed E-state index contributed by atoms with van der Waals surface area (Å²) in [4.78, 5) is 0. The molecule has 1 aliphatic rings. The van der Waals surface area contributed by atoms with Crippen LogP contribution in [0.1, 0.15) is 38.3 Å². The minimum absolute atomic E-state index is 0.361. The molecule has 0 unspecified atom stereocenters. The van der Waals surface area contributed by atoms with Crippen LogP contribution in [0.2, 0.25) is 0 Å².